The van der Waals surface area contributed by atoms with Crippen LogP contribution < -0.4 is 5.32 Å². The first-order chi connectivity index (χ1) is 9.04. The van der Waals surface area contributed by atoms with Gasteiger partial charge in [-0.15, -0.1) is 0 Å². The van der Waals surface area contributed by atoms with Gasteiger partial charge in [0.1, 0.15) is 0 Å². The number of halogens is 2. The number of ether oxygens (including phenoxy) is 1. The monoisotopic (exact) mass is 345 g/mol. The zero-order valence-electron chi connectivity index (χ0n) is 10.0. The van der Waals surface area contributed by atoms with E-state index in [1.807, 2.05) is 0 Å². The van der Waals surface area contributed by atoms with E-state index in [1.54, 1.807) is 6.07 Å². The van der Waals surface area contributed by atoms with Gasteiger partial charge in [0.05, 0.1) is 28.3 Å². The third-order valence-corrected chi connectivity index (χ3v) is 4.55. The number of hydrogen-bond donors (Lipinski definition) is 2. The summed E-state index contributed by atoms with van der Waals surface area (Å²) >= 11 is 9.10. The molecule has 19 heavy (non-hydrogen) atoms. The standard InChI is InChI=1S/C13H13BrClNO3/c14-9-3-6(15)4-10(12(9)17)16-13(18)8-5-7-1-2-11(8)19-7/h3-4,7-8,11,17H,1-2,5H2,(H,16,18). The number of phenolic OH excluding ortho intramolecular Hbond substituents is 1. The number of carbonyl (C=O) groups excluding carboxylic acids is 1. The summed E-state index contributed by atoms with van der Waals surface area (Å²) in [5.74, 6) is -0.255. The van der Waals surface area contributed by atoms with Crippen LogP contribution in [0, 0.1) is 5.92 Å². The minimum Gasteiger partial charge on any atom is -0.505 e. The molecule has 2 heterocycles. The Hall–Kier alpha value is -0.780. The zero-order chi connectivity index (χ0) is 13.6. The van der Waals surface area contributed by atoms with Crippen LogP contribution in [0.4, 0.5) is 5.69 Å². The average molecular weight is 347 g/mol. The van der Waals surface area contributed by atoms with Gasteiger partial charge >= 0.3 is 0 Å². The summed E-state index contributed by atoms with van der Waals surface area (Å²) in [5.41, 5.74) is 0.326. The first-order valence-corrected chi connectivity index (χ1v) is 7.36. The van der Waals surface area contributed by atoms with Crippen molar-refractivity contribution in [3.63, 3.8) is 0 Å². The number of rotatable bonds is 2. The second-order valence-electron chi connectivity index (χ2n) is 4.99. The lowest BCUT2D eigenvalue weighted by Gasteiger charge is -2.18. The Kier molecular flexibility index (Phi) is 3.45. The van der Waals surface area contributed by atoms with Crippen molar-refractivity contribution >= 4 is 39.1 Å². The molecule has 0 saturated carbocycles. The van der Waals surface area contributed by atoms with Crippen LogP contribution in [0.15, 0.2) is 16.6 Å². The molecule has 2 fully saturated rings. The quantitative estimate of drug-likeness (QED) is 0.808. The molecule has 0 aromatic heterocycles. The van der Waals surface area contributed by atoms with Crippen LogP contribution in [-0.4, -0.2) is 23.2 Å². The van der Waals surface area contributed by atoms with Crippen LogP contribution in [0.25, 0.3) is 0 Å². The highest BCUT2D eigenvalue weighted by Gasteiger charge is 2.44. The smallest absolute Gasteiger partial charge is 0.230 e. The number of anilines is 1. The molecule has 6 heteroatoms. The Balaban J connectivity index is 1.76. The molecule has 1 aromatic rings. The maximum Gasteiger partial charge on any atom is 0.230 e. The van der Waals surface area contributed by atoms with E-state index in [1.165, 1.54) is 6.07 Å². The van der Waals surface area contributed by atoms with Gasteiger partial charge in [0.15, 0.2) is 5.75 Å². The van der Waals surface area contributed by atoms with Crippen molar-refractivity contribution in [2.24, 2.45) is 5.92 Å². The molecule has 0 spiro atoms. The minimum atomic E-state index is -0.129. The maximum absolute atomic E-state index is 12.2. The number of benzene rings is 1. The van der Waals surface area contributed by atoms with Gasteiger partial charge in [-0.05, 0) is 47.3 Å². The van der Waals surface area contributed by atoms with E-state index >= 15 is 0 Å². The number of fused-ring (bicyclic) bond motifs is 2. The van der Waals surface area contributed by atoms with Gasteiger partial charge < -0.3 is 15.2 Å². The lowest BCUT2D eigenvalue weighted by atomic mass is 9.88. The summed E-state index contributed by atoms with van der Waals surface area (Å²) in [7, 11) is 0. The van der Waals surface area contributed by atoms with E-state index < -0.39 is 0 Å². The molecular weight excluding hydrogens is 334 g/mol. The predicted molar refractivity (Wildman–Crippen MR) is 75.4 cm³/mol. The van der Waals surface area contributed by atoms with Gasteiger partial charge in [-0.25, -0.2) is 0 Å². The number of nitrogens with one attached hydrogen (secondary N) is 1. The van der Waals surface area contributed by atoms with Crippen LogP contribution >= 0.6 is 27.5 Å². The average Bonchev–Trinajstić information content (AvgIpc) is 2.97. The van der Waals surface area contributed by atoms with E-state index in [9.17, 15) is 9.90 Å². The minimum absolute atomic E-state index is 0.0122. The Morgan fingerprint density at radius 3 is 2.89 bits per heavy atom. The summed E-state index contributed by atoms with van der Waals surface area (Å²) in [6, 6.07) is 3.11. The van der Waals surface area contributed by atoms with Gasteiger partial charge in [-0.1, -0.05) is 11.6 Å². The molecule has 3 unspecified atom stereocenters. The predicted octanol–water partition coefficient (Wildman–Crippen LogP) is 3.31. The Morgan fingerprint density at radius 1 is 1.47 bits per heavy atom. The maximum atomic E-state index is 12.2. The van der Waals surface area contributed by atoms with Crippen LogP contribution in [0.2, 0.25) is 5.02 Å². The summed E-state index contributed by atoms with van der Waals surface area (Å²) in [5, 5.41) is 13.1. The van der Waals surface area contributed by atoms with E-state index in [0.29, 0.717) is 15.2 Å². The molecule has 4 nitrogen and oxygen atoms in total. The fraction of sp³-hybridized carbons (Fsp3) is 0.462. The SMILES string of the molecule is O=C(Nc1cc(Cl)cc(Br)c1O)C1CC2CCC1O2. The van der Waals surface area contributed by atoms with Crippen LogP contribution in [0.3, 0.4) is 0 Å². The molecule has 2 saturated heterocycles. The first kappa shape index (κ1) is 13.2. The van der Waals surface area contributed by atoms with E-state index in [4.69, 9.17) is 16.3 Å². The summed E-state index contributed by atoms with van der Waals surface area (Å²) in [6.45, 7) is 0. The van der Waals surface area contributed by atoms with Gasteiger partial charge in [-0.2, -0.15) is 0 Å². The van der Waals surface area contributed by atoms with E-state index in [-0.39, 0.29) is 29.8 Å². The molecule has 1 amide bonds. The lowest BCUT2D eigenvalue weighted by Crippen LogP contribution is -2.30. The Morgan fingerprint density at radius 2 is 2.26 bits per heavy atom. The molecule has 0 aliphatic carbocycles. The highest BCUT2D eigenvalue weighted by atomic mass is 79.9. The largest absolute Gasteiger partial charge is 0.505 e. The molecule has 2 bridgehead atoms. The van der Waals surface area contributed by atoms with Gasteiger partial charge in [0.25, 0.3) is 0 Å². The molecule has 1 aromatic carbocycles. The van der Waals surface area contributed by atoms with E-state index in [0.717, 1.165) is 19.3 Å². The number of hydrogen-bond acceptors (Lipinski definition) is 3. The number of phenols is 1. The Labute approximate surface area is 124 Å². The summed E-state index contributed by atoms with van der Waals surface area (Å²) in [4.78, 5) is 12.2. The number of amides is 1. The number of carbonyl (C=O) groups is 1. The normalized spacial score (nSPS) is 28.6. The summed E-state index contributed by atoms with van der Waals surface area (Å²) < 4.78 is 6.12. The van der Waals surface area contributed by atoms with Gasteiger partial charge in [0.2, 0.25) is 5.91 Å². The molecule has 0 radical (unpaired) electrons. The van der Waals surface area contributed by atoms with Crippen molar-refractivity contribution < 1.29 is 14.6 Å². The van der Waals surface area contributed by atoms with Crippen molar-refractivity contribution in [1.29, 1.82) is 0 Å². The third-order valence-electron chi connectivity index (χ3n) is 3.73. The highest BCUT2D eigenvalue weighted by Crippen LogP contribution is 2.40. The second-order valence-corrected chi connectivity index (χ2v) is 6.28. The second kappa shape index (κ2) is 4.96. The first-order valence-electron chi connectivity index (χ1n) is 6.19. The van der Waals surface area contributed by atoms with Crippen LogP contribution in [-0.2, 0) is 9.53 Å². The van der Waals surface area contributed by atoms with Crippen molar-refractivity contribution in [3.8, 4) is 5.75 Å². The van der Waals surface area contributed by atoms with Gasteiger partial charge in [-0.3, -0.25) is 4.79 Å². The molecule has 2 aliphatic heterocycles. The lowest BCUT2D eigenvalue weighted by molar-refractivity contribution is -0.121. The van der Waals surface area contributed by atoms with Crippen molar-refractivity contribution in [3.05, 3.63) is 21.6 Å². The highest BCUT2D eigenvalue weighted by molar-refractivity contribution is 9.10. The van der Waals surface area contributed by atoms with Gasteiger partial charge in [0, 0.05) is 5.02 Å². The van der Waals surface area contributed by atoms with Crippen molar-refractivity contribution in [2.45, 2.75) is 31.5 Å². The van der Waals surface area contributed by atoms with Crippen molar-refractivity contribution in [2.75, 3.05) is 5.32 Å². The fourth-order valence-corrected chi connectivity index (χ4v) is 3.61. The molecular formula is C13H13BrClNO3. The zero-order valence-corrected chi connectivity index (χ0v) is 12.4. The van der Waals surface area contributed by atoms with E-state index in [2.05, 4.69) is 21.2 Å². The summed E-state index contributed by atoms with van der Waals surface area (Å²) in [6.07, 6.45) is 2.99. The molecule has 3 atom stereocenters. The number of aromatic hydroxyl groups is 1. The van der Waals surface area contributed by atoms with Crippen molar-refractivity contribution in [1.82, 2.24) is 0 Å². The van der Waals surface area contributed by atoms with Crippen LogP contribution in [0.1, 0.15) is 19.3 Å². The molecule has 2 N–H and O–H groups in total. The topological polar surface area (TPSA) is 58.6 Å². The Bertz CT molecular complexity index is 537. The molecule has 2 aliphatic rings. The third kappa shape index (κ3) is 2.47. The fourth-order valence-electron chi connectivity index (χ4n) is 2.80. The molecule has 3 rings (SSSR count). The van der Waals surface area contributed by atoms with Crippen LogP contribution in [0.5, 0.6) is 5.75 Å². The molecule has 102 valence electrons.